The van der Waals surface area contributed by atoms with E-state index in [1.54, 1.807) is 24.3 Å². The Hall–Kier alpha value is -3.34. The van der Waals surface area contributed by atoms with Crippen molar-refractivity contribution in [1.29, 1.82) is 0 Å². The van der Waals surface area contributed by atoms with Crippen molar-refractivity contribution >= 4 is 22.6 Å². The lowest BCUT2D eigenvalue weighted by Gasteiger charge is -2.15. The molecular formula is C23H23NO4. The second kappa shape index (κ2) is 9.04. The quantitative estimate of drug-likeness (QED) is 0.636. The van der Waals surface area contributed by atoms with Crippen LogP contribution in [0.3, 0.4) is 0 Å². The molecule has 3 aromatic rings. The molecule has 0 saturated heterocycles. The van der Waals surface area contributed by atoms with E-state index in [0.717, 1.165) is 16.5 Å². The molecule has 5 heteroatoms. The number of carbonyl (C=O) groups is 2. The maximum absolute atomic E-state index is 12.2. The van der Waals surface area contributed by atoms with E-state index in [2.05, 4.69) is 34.3 Å². The number of ether oxygens (including phenoxy) is 2. The van der Waals surface area contributed by atoms with E-state index < -0.39 is 0 Å². The van der Waals surface area contributed by atoms with Crippen molar-refractivity contribution in [3.05, 3.63) is 77.9 Å². The van der Waals surface area contributed by atoms with Gasteiger partial charge in [-0.15, -0.1) is 0 Å². The fourth-order valence-electron chi connectivity index (χ4n) is 2.93. The maximum atomic E-state index is 12.2. The Morgan fingerprint density at radius 3 is 2.39 bits per heavy atom. The Kier molecular flexibility index (Phi) is 6.27. The zero-order valence-corrected chi connectivity index (χ0v) is 16.0. The average molecular weight is 377 g/mol. The first kappa shape index (κ1) is 19.4. The molecule has 5 nitrogen and oxygen atoms in total. The van der Waals surface area contributed by atoms with E-state index in [9.17, 15) is 9.59 Å². The molecule has 1 amide bonds. The van der Waals surface area contributed by atoms with Crippen LogP contribution in [0.25, 0.3) is 10.8 Å². The normalized spacial score (nSPS) is 11.6. The highest BCUT2D eigenvalue weighted by atomic mass is 16.5. The molecule has 0 aliphatic carbocycles. The van der Waals surface area contributed by atoms with Gasteiger partial charge in [0.2, 0.25) is 0 Å². The van der Waals surface area contributed by atoms with Crippen LogP contribution in [0.2, 0.25) is 0 Å². The first-order chi connectivity index (χ1) is 13.5. The topological polar surface area (TPSA) is 64.6 Å². The Morgan fingerprint density at radius 2 is 1.68 bits per heavy atom. The van der Waals surface area contributed by atoms with Crippen molar-refractivity contribution < 1.29 is 19.1 Å². The molecule has 0 unspecified atom stereocenters. The summed E-state index contributed by atoms with van der Waals surface area (Å²) in [7, 11) is 1.36. The minimum absolute atomic E-state index is 0.0751. The van der Waals surface area contributed by atoms with Crippen LogP contribution in [-0.4, -0.2) is 25.6 Å². The zero-order chi connectivity index (χ0) is 19.9. The van der Waals surface area contributed by atoms with Gasteiger partial charge in [-0.1, -0.05) is 48.5 Å². The van der Waals surface area contributed by atoms with Gasteiger partial charge in [-0.25, -0.2) is 0 Å². The van der Waals surface area contributed by atoms with Crippen molar-refractivity contribution in [3.63, 3.8) is 0 Å². The molecule has 144 valence electrons. The molecule has 0 spiro atoms. The van der Waals surface area contributed by atoms with Crippen LogP contribution in [0.4, 0.5) is 0 Å². The van der Waals surface area contributed by atoms with Gasteiger partial charge in [0.1, 0.15) is 5.75 Å². The molecule has 0 heterocycles. The summed E-state index contributed by atoms with van der Waals surface area (Å²) in [5.41, 5.74) is 1.87. The standard InChI is InChI=1S/C23H23NO4/c1-16(19-10-9-18-5-3-4-6-20(18)14-19)24-22(25)15-28-21-11-7-17(8-12-21)13-23(26)27-2/h3-12,14,16H,13,15H2,1-2H3,(H,24,25)/t16-/m0/s1. The van der Waals surface area contributed by atoms with Gasteiger partial charge in [-0.05, 0) is 47.0 Å². The number of esters is 1. The fraction of sp³-hybridized carbons (Fsp3) is 0.217. The van der Waals surface area contributed by atoms with E-state index in [4.69, 9.17) is 4.74 Å². The van der Waals surface area contributed by atoms with Crippen molar-refractivity contribution in [2.24, 2.45) is 0 Å². The van der Waals surface area contributed by atoms with Gasteiger partial charge in [0.25, 0.3) is 5.91 Å². The predicted octanol–water partition coefficient (Wildman–Crippen LogP) is 3.81. The lowest BCUT2D eigenvalue weighted by Crippen LogP contribution is -2.31. The summed E-state index contributed by atoms with van der Waals surface area (Å²) < 4.78 is 10.2. The zero-order valence-electron chi connectivity index (χ0n) is 16.0. The second-order valence-electron chi connectivity index (χ2n) is 6.58. The summed E-state index contributed by atoms with van der Waals surface area (Å²) in [4.78, 5) is 23.5. The third kappa shape index (κ3) is 5.10. The van der Waals surface area contributed by atoms with Gasteiger partial charge < -0.3 is 14.8 Å². The lowest BCUT2D eigenvalue weighted by atomic mass is 10.0. The molecule has 3 rings (SSSR count). The third-order valence-electron chi connectivity index (χ3n) is 4.52. The first-order valence-electron chi connectivity index (χ1n) is 9.12. The molecular weight excluding hydrogens is 354 g/mol. The molecule has 1 N–H and O–H groups in total. The van der Waals surface area contributed by atoms with Gasteiger partial charge >= 0.3 is 5.97 Å². The van der Waals surface area contributed by atoms with Crippen LogP contribution in [0.5, 0.6) is 5.75 Å². The molecule has 0 aromatic heterocycles. The molecule has 0 radical (unpaired) electrons. The van der Waals surface area contributed by atoms with Crippen LogP contribution in [0.1, 0.15) is 24.1 Å². The number of amides is 1. The Balaban J connectivity index is 1.52. The van der Waals surface area contributed by atoms with Crippen LogP contribution >= 0.6 is 0 Å². The molecule has 0 fully saturated rings. The number of hydrogen-bond acceptors (Lipinski definition) is 4. The number of hydrogen-bond donors (Lipinski definition) is 1. The van der Waals surface area contributed by atoms with E-state index in [1.165, 1.54) is 12.5 Å². The summed E-state index contributed by atoms with van der Waals surface area (Å²) in [5, 5.41) is 5.26. The van der Waals surface area contributed by atoms with Gasteiger partial charge in [0.15, 0.2) is 6.61 Å². The summed E-state index contributed by atoms with van der Waals surface area (Å²) in [6.07, 6.45) is 0.209. The molecule has 28 heavy (non-hydrogen) atoms. The lowest BCUT2D eigenvalue weighted by molar-refractivity contribution is -0.139. The third-order valence-corrected chi connectivity index (χ3v) is 4.52. The Morgan fingerprint density at radius 1 is 0.964 bits per heavy atom. The van der Waals surface area contributed by atoms with Crippen molar-refractivity contribution in [2.75, 3.05) is 13.7 Å². The smallest absolute Gasteiger partial charge is 0.309 e. The monoisotopic (exact) mass is 377 g/mol. The highest BCUT2D eigenvalue weighted by molar-refractivity contribution is 5.83. The van der Waals surface area contributed by atoms with Crippen LogP contribution in [0.15, 0.2) is 66.7 Å². The SMILES string of the molecule is COC(=O)Cc1ccc(OCC(=O)N[C@@H](C)c2ccc3ccccc3c2)cc1. The number of nitrogens with one attached hydrogen (secondary N) is 1. The Labute approximate surface area is 164 Å². The highest BCUT2D eigenvalue weighted by Gasteiger charge is 2.11. The van der Waals surface area contributed by atoms with Gasteiger partial charge in [0, 0.05) is 0 Å². The van der Waals surface area contributed by atoms with Gasteiger partial charge in [-0.2, -0.15) is 0 Å². The average Bonchev–Trinajstić information content (AvgIpc) is 2.72. The summed E-state index contributed by atoms with van der Waals surface area (Å²) in [6.45, 7) is 1.87. The van der Waals surface area contributed by atoms with Gasteiger partial charge in [-0.3, -0.25) is 9.59 Å². The van der Waals surface area contributed by atoms with Crippen LogP contribution < -0.4 is 10.1 Å². The van der Waals surface area contributed by atoms with Gasteiger partial charge in [0.05, 0.1) is 19.6 Å². The molecule has 1 atom stereocenters. The molecule has 0 bridgehead atoms. The number of carbonyl (C=O) groups excluding carboxylic acids is 2. The first-order valence-corrected chi connectivity index (χ1v) is 9.12. The number of fused-ring (bicyclic) bond motifs is 1. The molecule has 0 aliphatic heterocycles. The highest BCUT2D eigenvalue weighted by Crippen LogP contribution is 2.20. The molecule has 0 saturated carbocycles. The van der Waals surface area contributed by atoms with Crippen LogP contribution in [0, 0.1) is 0 Å². The molecule has 0 aliphatic rings. The van der Waals surface area contributed by atoms with E-state index in [1.807, 2.05) is 25.1 Å². The van der Waals surface area contributed by atoms with Crippen molar-refractivity contribution in [3.8, 4) is 5.75 Å². The maximum Gasteiger partial charge on any atom is 0.309 e. The largest absolute Gasteiger partial charge is 0.484 e. The predicted molar refractivity (Wildman–Crippen MR) is 108 cm³/mol. The van der Waals surface area contributed by atoms with Crippen molar-refractivity contribution in [1.82, 2.24) is 5.32 Å². The minimum Gasteiger partial charge on any atom is -0.484 e. The Bertz CT molecular complexity index is 966. The summed E-state index contributed by atoms with van der Waals surface area (Å²) in [6, 6.07) is 21.2. The second-order valence-corrected chi connectivity index (χ2v) is 6.58. The van der Waals surface area contributed by atoms with Crippen molar-refractivity contribution in [2.45, 2.75) is 19.4 Å². The van der Waals surface area contributed by atoms with E-state index >= 15 is 0 Å². The molecule has 3 aromatic carbocycles. The number of benzene rings is 3. The minimum atomic E-state index is -0.296. The fourth-order valence-corrected chi connectivity index (χ4v) is 2.93. The number of methoxy groups -OCH3 is 1. The van der Waals surface area contributed by atoms with E-state index in [0.29, 0.717) is 5.75 Å². The number of rotatable bonds is 7. The van der Waals surface area contributed by atoms with Crippen LogP contribution in [-0.2, 0) is 20.7 Å². The summed E-state index contributed by atoms with van der Waals surface area (Å²) >= 11 is 0. The van der Waals surface area contributed by atoms with E-state index in [-0.39, 0.29) is 30.9 Å². The summed E-state index contributed by atoms with van der Waals surface area (Å²) in [5.74, 6) is 0.0807.